The summed E-state index contributed by atoms with van der Waals surface area (Å²) in [5.74, 6) is -1.68. The van der Waals surface area contributed by atoms with E-state index in [2.05, 4.69) is 20.8 Å². The zero-order valence-corrected chi connectivity index (χ0v) is 33.0. The van der Waals surface area contributed by atoms with Gasteiger partial charge in [-0.1, -0.05) is 93.6 Å². The first kappa shape index (κ1) is 39.9. The minimum Gasteiger partial charge on any atom is -0.462 e. The maximum Gasteiger partial charge on any atom is 0.338 e. The standard InChI is InChI=1S/C48H52O9/c1-34-24-25-39-45(2,32-54-42(50)36-18-10-5-11-19-36)40(56-44(52)38-22-14-7-15-23-38)26-27-46(39,3)48(34)29-28-47(57-48,33-55-43(51)37-20-12-6-13-21-37)30-31-53-41(49)35-16-8-4-9-17-35/h4-23,34,39-40H,24-33H2,1-3H3/t34-,39-,40-,45-,46-,47-,48-/m0/s1. The first-order valence-electron chi connectivity index (χ1n) is 20.1. The Balaban J connectivity index is 1.18. The molecular formula is C48H52O9. The molecular weight excluding hydrogens is 721 g/mol. The van der Waals surface area contributed by atoms with Crippen LogP contribution in [0, 0.1) is 22.7 Å². The van der Waals surface area contributed by atoms with Gasteiger partial charge >= 0.3 is 23.9 Å². The fraction of sp³-hybridized carbons (Fsp3) is 0.417. The predicted molar refractivity (Wildman–Crippen MR) is 214 cm³/mol. The van der Waals surface area contributed by atoms with E-state index in [1.54, 1.807) is 84.9 Å². The lowest BCUT2D eigenvalue weighted by Crippen LogP contribution is -2.67. The number of benzene rings is 4. The molecule has 9 heteroatoms. The summed E-state index contributed by atoms with van der Waals surface area (Å²) in [6, 6.07) is 35.6. The molecule has 2 saturated carbocycles. The molecule has 0 amide bonds. The molecule has 1 heterocycles. The molecule has 7 atom stereocenters. The summed E-state index contributed by atoms with van der Waals surface area (Å²) in [4.78, 5) is 53.4. The quantitative estimate of drug-likeness (QED) is 0.103. The molecule has 4 aromatic rings. The Kier molecular flexibility index (Phi) is 11.7. The van der Waals surface area contributed by atoms with E-state index in [4.69, 9.17) is 23.7 Å². The second kappa shape index (κ2) is 16.7. The van der Waals surface area contributed by atoms with Crippen molar-refractivity contribution in [1.82, 2.24) is 0 Å². The molecule has 0 unspecified atom stereocenters. The van der Waals surface area contributed by atoms with E-state index in [9.17, 15) is 19.2 Å². The zero-order chi connectivity index (χ0) is 40.1. The van der Waals surface area contributed by atoms with Gasteiger partial charge in [-0.15, -0.1) is 0 Å². The van der Waals surface area contributed by atoms with E-state index in [0.717, 1.165) is 12.8 Å². The van der Waals surface area contributed by atoms with Crippen LogP contribution in [0.15, 0.2) is 121 Å². The van der Waals surface area contributed by atoms with Gasteiger partial charge in [-0.05, 0) is 98.9 Å². The molecule has 2 aliphatic carbocycles. The van der Waals surface area contributed by atoms with Crippen molar-refractivity contribution in [3.8, 4) is 0 Å². The Labute approximate surface area is 335 Å². The Morgan fingerprint density at radius 3 is 1.58 bits per heavy atom. The molecule has 3 fully saturated rings. The number of rotatable bonds is 12. The van der Waals surface area contributed by atoms with Crippen LogP contribution >= 0.6 is 0 Å². The highest BCUT2D eigenvalue weighted by molar-refractivity contribution is 5.91. The Hall–Kier alpha value is -5.28. The van der Waals surface area contributed by atoms with Crippen molar-refractivity contribution >= 4 is 23.9 Å². The van der Waals surface area contributed by atoms with Crippen LogP contribution in [0.4, 0.5) is 0 Å². The van der Waals surface area contributed by atoms with Gasteiger partial charge in [-0.2, -0.15) is 0 Å². The van der Waals surface area contributed by atoms with Gasteiger partial charge in [0.15, 0.2) is 0 Å². The molecule has 1 spiro atoms. The number of hydrogen-bond acceptors (Lipinski definition) is 9. The molecule has 3 aliphatic rings. The van der Waals surface area contributed by atoms with E-state index >= 15 is 0 Å². The van der Waals surface area contributed by atoms with Gasteiger partial charge in [0.1, 0.15) is 24.9 Å². The summed E-state index contributed by atoms with van der Waals surface area (Å²) in [7, 11) is 0. The second-order valence-corrected chi connectivity index (χ2v) is 16.6. The summed E-state index contributed by atoms with van der Waals surface area (Å²) in [5, 5.41) is 0. The van der Waals surface area contributed by atoms with E-state index in [1.165, 1.54) is 0 Å². The summed E-state index contributed by atoms with van der Waals surface area (Å²) < 4.78 is 31.9. The van der Waals surface area contributed by atoms with Crippen LogP contribution in [0.2, 0.25) is 0 Å². The van der Waals surface area contributed by atoms with E-state index in [1.807, 2.05) is 36.4 Å². The largest absolute Gasteiger partial charge is 0.462 e. The number of fused-ring (bicyclic) bond motifs is 2. The third kappa shape index (κ3) is 7.99. The monoisotopic (exact) mass is 772 g/mol. The number of esters is 4. The first-order chi connectivity index (χ1) is 27.5. The third-order valence-electron chi connectivity index (χ3n) is 13.3. The lowest BCUT2D eigenvalue weighted by molar-refractivity contribution is -0.271. The molecule has 0 radical (unpaired) electrons. The van der Waals surface area contributed by atoms with E-state index < -0.39 is 52.0 Å². The normalized spacial score (nSPS) is 29.1. The lowest BCUT2D eigenvalue weighted by Gasteiger charge is -2.65. The topological polar surface area (TPSA) is 114 Å². The highest BCUT2D eigenvalue weighted by Crippen LogP contribution is 2.68. The Morgan fingerprint density at radius 2 is 1.05 bits per heavy atom. The van der Waals surface area contributed by atoms with Crippen molar-refractivity contribution in [2.45, 2.75) is 83.0 Å². The van der Waals surface area contributed by atoms with Gasteiger partial charge in [0.25, 0.3) is 0 Å². The fourth-order valence-corrected chi connectivity index (χ4v) is 10.1. The summed E-state index contributed by atoms with van der Waals surface area (Å²) >= 11 is 0. The SMILES string of the molecule is C[C@H]1CC[C@H]2[C@](C)(COC(=O)c3ccccc3)[C@@H](OC(=O)c3ccccc3)CC[C@]2(C)[C@]12CC[C@](CCOC(=O)c1ccccc1)(COC(=O)c1ccccc1)O2. The number of hydrogen-bond donors (Lipinski definition) is 0. The van der Waals surface area contributed by atoms with Gasteiger partial charge in [0, 0.05) is 17.3 Å². The van der Waals surface area contributed by atoms with E-state index in [0.29, 0.717) is 54.4 Å². The van der Waals surface area contributed by atoms with Gasteiger partial charge < -0.3 is 23.7 Å². The van der Waals surface area contributed by atoms with Crippen LogP contribution in [0.5, 0.6) is 0 Å². The van der Waals surface area contributed by atoms with Gasteiger partial charge in [-0.3, -0.25) is 0 Å². The number of carbonyl (C=O) groups is 4. The summed E-state index contributed by atoms with van der Waals surface area (Å²) in [6.45, 7) is 6.72. The van der Waals surface area contributed by atoms with Gasteiger partial charge in [0.2, 0.25) is 0 Å². The van der Waals surface area contributed by atoms with Crippen LogP contribution < -0.4 is 0 Å². The van der Waals surface area contributed by atoms with Gasteiger partial charge in [0.05, 0.1) is 34.5 Å². The van der Waals surface area contributed by atoms with E-state index in [-0.39, 0.29) is 31.7 Å². The lowest BCUT2D eigenvalue weighted by atomic mass is 9.43. The van der Waals surface area contributed by atoms with Crippen LogP contribution in [-0.2, 0) is 23.7 Å². The van der Waals surface area contributed by atoms with Crippen molar-refractivity contribution in [1.29, 1.82) is 0 Å². The van der Waals surface area contributed by atoms with Gasteiger partial charge in [-0.25, -0.2) is 19.2 Å². The fourth-order valence-electron chi connectivity index (χ4n) is 10.1. The minimum atomic E-state index is -0.937. The molecule has 298 valence electrons. The third-order valence-corrected chi connectivity index (χ3v) is 13.3. The summed E-state index contributed by atoms with van der Waals surface area (Å²) in [6.07, 6.45) is 3.92. The Morgan fingerprint density at radius 1 is 0.579 bits per heavy atom. The second-order valence-electron chi connectivity index (χ2n) is 16.6. The molecule has 7 rings (SSSR count). The molecule has 1 aliphatic heterocycles. The molecule has 0 bridgehead atoms. The summed E-state index contributed by atoms with van der Waals surface area (Å²) in [5.41, 5.74) is -1.02. The average molecular weight is 773 g/mol. The van der Waals surface area contributed by atoms with Crippen molar-refractivity contribution < 1.29 is 42.9 Å². The maximum absolute atomic E-state index is 13.6. The predicted octanol–water partition coefficient (Wildman–Crippen LogP) is 9.31. The van der Waals surface area contributed by atoms with Crippen LogP contribution in [0.1, 0.15) is 107 Å². The minimum absolute atomic E-state index is 0.0118. The maximum atomic E-state index is 13.6. The number of carbonyl (C=O) groups excluding carboxylic acids is 4. The van der Waals surface area contributed by atoms with Crippen LogP contribution in [-0.4, -0.2) is 61.0 Å². The Bertz CT molecular complexity index is 2020. The molecule has 57 heavy (non-hydrogen) atoms. The van der Waals surface area contributed by atoms with Crippen molar-refractivity contribution in [3.63, 3.8) is 0 Å². The van der Waals surface area contributed by atoms with Crippen molar-refractivity contribution in [2.24, 2.45) is 22.7 Å². The molecule has 9 nitrogen and oxygen atoms in total. The van der Waals surface area contributed by atoms with Crippen LogP contribution in [0.25, 0.3) is 0 Å². The smallest absolute Gasteiger partial charge is 0.338 e. The first-order valence-corrected chi connectivity index (χ1v) is 20.1. The molecule has 4 aromatic carbocycles. The zero-order valence-electron chi connectivity index (χ0n) is 33.0. The highest BCUT2D eigenvalue weighted by Gasteiger charge is 2.70. The number of ether oxygens (including phenoxy) is 5. The molecule has 0 aromatic heterocycles. The van der Waals surface area contributed by atoms with Crippen molar-refractivity contribution in [3.05, 3.63) is 144 Å². The average Bonchev–Trinajstić information content (AvgIpc) is 3.64. The highest BCUT2D eigenvalue weighted by atomic mass is 16.6. The van der Waals surface area contributed by atoms with Crippen molar-refractivity contribution in [2.75, 3.05) is 19.8 Å². The molecule has 1 saturated heterocycles. The molecule has 0 N–H and O–H groups in total. The van der Waals surface area contributed by atoms with Crippen LogP contribution in [0.3, 0.4) is 0 Å².